The third kappa shape index (κ3) is 2.53. The van der Waals surface area contributed by atoms with Gasteiger partial charge in [0.25, 0.3) is 0 Å². The standard InChI is InChI=1S/C17H15ClN2S2/c1-10-5-2-3-6-11(10)9-21-17-19-15(18)14-12-7-4-8-13(12)22-16(14)20-17/h2-3,5-6H,4,7-9H2,1H3. The number of hydrogen-bond donors (Lipinski definition) is 0. The van der Waals surface area contributed by atoms with Gasteiger partial charge in [0.05, 0.1) is 5.39 Å². The topological polar surface area (TPSA) is 25.8 Å². The molecule has 0 atom stereocenters. The Labute approximate surface area is 142 Å². The second kappa shape index (κ2) is 5.84. The lowest BCUT2D eigenvalue weighted by atomic mass is 10.1. The molecule has 5 heteroatoms. The van der Waals surface area contributed by atoms with Crippen molar-refractivity contribution in [2.45, 2.75) is 37.1 Å². The smallest absolute Gasteiger partial charge is 0.190 e. The lowest BCUT2D eigenvalue weighted by molar-refractivity contribution is 0.915. The first-order valence-corrected chi connectivity index (χ1v) is 9.55. The molecular formula is C17H15ClN2S2. The van der Waals surface area contributed by atoms with Crippen LogP contribution in [0.4, 0.5) is 0 Å². The minimum Gasteiger partial charge on any atom is -0.211 e. The van der Waals surface area contributed by atoms with Crippen LogP contribution in [0.1, 0.15) is 28.0 Å². The molecule has 0 saturated heterocycles. The molecule has 0 N–H and O–H groups in total. The van der Waals surface area contributed by atoms with Gasteiger partial charge >= 0.3 is 0 Å². The molecule has 0 bridgehead atoms. The Balaban J connectivity index is 1.64. The second-order valence-electron chi connectivity index (χ2n) is 5.55. The van der Waals surface area contributed by atoms with Gasteiger partial charge in [0, 0.05) is 10.6 Å². The number of thioether (sulfide) groups is 1. The molecule has 2 heterocycles. The van der Waals surface area contributed by atoms with E-state index in [0.29, 0.717) is 5.15 Å². The summed E-state index contributed by atoms with van der Waals surface area (Å²) in [5.41, 5.74) is 4.01. The van der Waals surface area contributed by atoms with Crippen molar-refractivity contribution in [3.8, 4) is 0 Å². The highest BCUT2D eigenvalue weighted by Gasteiger charge is 2.21. The van der Waals surface area contributed by atoms with Crippen molar-refractivity contribution in [1.82, 2.24) is 9.97 Å². The SMILES string of the molecule is Cc1ccccc1CSc1nc(Cl)c2c3c(sc2n1)CCC3. The molecule has 0 amide bonds. The van der Waals surface area contributed by atoms with Gasteiger partial charge in [-0.15, -0.1) is 11.3 Å². The van der Waals surface area contributed by atoms with Gasteiger partial charge in [-0.3, -0.25) is 0 Å². The maximum atomic E-state index is 6.44. The number of thiophene rings is 1. The number of benzene rings is 1. The highest BCUT2D eigenvalue weighted by atomic mass is 35.5. The molecule has 1 aromatic carbocycles. The van der Waals surface area contributed by atoms with Crippen LogP contribution < -0.4 is 0 Å². The summed E-state index contributed by atoms with van der Waals surface area (Å²) >= 11 is 9.89. The first-order valence-electron chi connectivity index (χ1n) is 7.37. The van der Waals surface area contributed by atoms with Crippen molar-refractivity contribution in [2.24, 2.45) is 0 Å². The number of aromatic nitrogens is 2. The average Bonchev–Trinajstić information content (AvgIpc) is 3.06. The summed E-state index contributed by atoms with van der Waals surface area (Å²) in [4.78, 5) is 11.8. The van der Waals surface area contributed by atoms with Gasteiger partial charge in [-0.05, 0) is 42.9 Å². The molecule has 112 valence electrons. The third-order valence-electron chi connectivity index (χ3n) is 4.12. The zero-order valence-electron chi connectivity index (χ0n) is 12.2. The Hall–Kier alpha value is -1.10. The molecule has 0 saturated carbocycles. The second-order valence-corrected chi connectivity index (χ2v) is 7.93. The summed E-state index contributed by atoms with van der Waals surface area (Å²) in [6.45, 7) is 2.14. The van der Waals surface area contributed by atoms with Crippen molar-refractivity contribution >= 4 is 44.9 Å². The molecule has 0 unspecified atom stereocenters. The van der Waals surface area contributed by atoms with E-state index in [2.05, 4.69) is 36.2 Å². The molecule has 0 radical (unpaired) electrons. The zero-order valence-corrected chi connectivity index (χ0v) is 14.6. The molecule has 1 aliphatic rings. The van der Waals surface area contributed by atoms with Gasteiger partial charge in [0.15, 0.2) is 5.16 Å². The minimum absolute atomic E-state index is 0.622. The Morgan fingerprint density at radius 3 is 2.95 bits per heavy atom. The average molecular weight is 347 g/mol. The van der Waals surface area contributed by atoms with E-state index in [1.54, 1.807) is 23.1 Å². The number of fused-ring (bicyclic) bond motifs is 3. The van der Waals surface area contributed by atoms with Crippen molar-refractivity contribution in [1.29, 1.82) is 0 Å². The molecule has 2 nitrogen and oxygen atoms in total. The van der Waals surface area contributed by atoms with E-state index < -0.39 is 0 Å². The summed E-state index contributed by atoms with van der Waals surface area (Å²) in [6, 6.07) is 8.43. The predicted octanol–water partition coefficient (Wildman–Crippen LogP) is 5.43. The first-order chi connectivity index (χ1) is 10.7. The highest BCUT2D eigenvalue weighted by Crippen LogP contribution is 2.40. The summed E-state index contributed by atoms with van der Waals surface area (Å²) in [6.07, 6.45) is 3.52. The van der Waals surface area contributed by atoms with Gasteiger partial charge in [-0.25, -0.2) is 9.97 Å². The largest absolute Gasteiger partial charge is 0.211 e. The first kappa shape index (κ1) is 14.5. The Kier molecular flexibility index (Phi) is 3.84. The van der Waals surface area contributed by atoms with Gasteiger partial charge < -0.3 is 0 Å². The van der Waals surface area contributed by atoms with E-state index >= 15 is 0 Å². The summed E-state index contributed by atoms with van der Waals surface area (Å²) in [5.74, 6) is 0.875. The fourth-order valence-corrected chi connectivity index (χ4v) is 5.54. The molecule has 22 heavy (non-hydrogen) atoms. The van der Waals surface area contributed by atoms with E-state index in [9.17, 15) is 0 Å². The predicted molar refractivity (Wildman–Crippen MR) is 95.2 cm³/mol. The molecule has 1 aliphatic carbocycles. The minimum atomic E-state index is 0.622. The van der Waals surface area contributed by atoms with Crippen LogP contribution in [0.2, 0.25) is 5.15 Å². The fourth-order valence-electron chi connectivity index (χ4n) is 2.91. The van der Waals surface area contributed by atoms with Crippen molar-refractivity contribution in [3.05, 3.63) is 51.0 Å². The fraction of sp³-hybridized carbons (Fsp3) is 0.294. The number of aryl methyl sites for hydroxylation is 3. The zero-order chi connectivity index (χ0) is 15.1. The van der Waals surface area contributed by atoms with E-state index in [1.807, 2.05) is 0 Å². The maximum absolute atomic E-state index is 6.44. The van der Waals surface area contributed by atoms with E-state index in [1.165, 1.54) is 34.4 Å². The lowest BCUT2D eigenvalue weighted by Gasteiger charge is -2.05. The van der Waals surface area contributed by atoms with E-state index in [4.69, 9.17) is 16.6 Å². The van der Waals surface area contributed by atoms with Crippen molar-refractivity contribution in [3.63, 3.8) is 0 Å². The number of nitrogens with zero attached hydrogens (tertiary/aromatic N) is 2. The van der Waals surface area contributed by atoms with E-state index in [0.717, 1.165) is 27.5 Å². The Morgan fingerprint density at radius 1 is 1.23 bits per heavy atom. The number of rotatable bonds is 3. The lowest BCUT2D eigenvalue weighted by Crippen LogP contribution is -1.91. The third-order valence-corrected chi connectivity index (χ3v) is 6.47. The molecule has 4 rings (SSSR count). The molecule has 3 aromatic rings. The van der Waals surface area contributed by atoms with E-state index in [-0.39, 0.29) is 0 Å². The van der Waals surface area contributed by atoms with Gasteiger partial charge in [-0.1, -0.05) is 47.6 Å². The normalized spacial score (nSPS) is 13.7. The van der Waals surface area contributed by atoms with Gasteiger partial charge in [0.1, 0.15) is 9.98 Å². The monoisotopic (exact) mass is 346 g/mol. The Morgan fingerprint density at radius 2 is 2.09 bits per heavy atom. The Bertz CT molecular complexity index is 857. The summed E-state index contributed by atoms with van der Waals surface area (Å²) < 4.78 is 0. The number of halogens is 1. The van der Waals surface area contributed by atoms with Crippen LogP contribution >= 0.6 is 34.7 Å². The molecule has 0 spiro atoms. The van der Waals surface area contributed by atoms with Crippen LogP contribution in [0, 0.1) is 6.92 Å². The van der Waals surface area contributed by atoms with Crippen molar-refractivity contribution in [2.75, 3.05) is 0 Å². The van der Waals surface area contributed by atoms with Crippen LogP contribution in [0.25, 0.3) is 10.2 Å². The molecular weight excluding hydrogens is 332 g/mol. The maximum Gasteiger partial charge on any atom is 0.190 e. The molecule has 0 fully saturated rings. The summed E-state index contributed by atoms with van der Waals surface area (Å²) in [5, 5.41) is 2.50. The van der Waals surface area contributed by atoms with Gasteiger partial charge in [-0.2, -0.15) is 0 Å². The van der Waals surface area contributed by atoms with Crippen LogP contribution in [0.3, 0.4) is 0 Å². The van der Waals surface area contributed by atoms with Crippen LogP contribution in [-0.4, -0.2) is 9.97 Å². The number of hydrogen-bond acceptors (Lipinski definition) is 4. The quantitative estimate of drug-likeness (QED) is 0.359. The highest BCUT2D eigenvalue weighted by molar-refractivity contribution is 7.98. The molecule has 0 aliphatic heterocycles. The molecule has 2 aromatic heterocycles. The summed E-state index contributed by atoms with van der Waals surface area (Å²) in [7, 11) is 0. The van der Waals surface area contributed by atoms with Crippen LogP contribution in [0.15, 0.2) is 29.4 Å². The van der Waals surface area contributed by atoms with Gasteiger partial charge in [0.2, 0.25) is 0 Å². The van der Waals surface area contributed by atoms with Crippen LogP contribution in [0.5, 0.6) is 0 Å². The van der Waals surface area contributed by atoms with Crippen molar-refractivity contribution < 1.29 is 0 Å². The van der Waals surface area contributed by atoms with Crippen LogP contribution in [-0.2, 0) is 18.6 Å².